The molecule has 2 aromatic rings. The first kappa shape index (κ1) is 16.0. The zero-order chi connectivity index (χ0) is 16.1. The molecular formula is C20H25NO2. The maximum absolute atomic E-state index is 10.6. The molecule has 0 unspecified atom stereocenters. The molecule has 3 N–H and O–H groups in total. The van der Waals surface area contributed by atoms with Crippen molar-refractivity contribution in [2.75, 3.05) is 19.7 Å². The number of aliphatic hydroxyl groups excluding tert-OH is 1. The molecule has 0 aliphatic carbocycles. The monoisotopic (exact) mass is 311 g/mol. The number of benzene rings is 2. The lowest BCUT2D eigenvalue weighted by Gasteiger charge is -2.39. The molecule has 0 amide bonds. The molecule has 2 aromatic carbocycles. The molecule has 0 aromatic heterocycles. The van der Waals surface area contributed by atoms with Gasteiger partial charge in [0.15, 0.2) is 0 Å². The zero-order valence-electron chi connectivity index (χ0n) is 13.5. The van der Waals surface area contributed by atoms with E-state index in [0.717, 1.165) is 44.3 Å². The highest BCUT2D eigenvalue weighted by atomic mass is 16.3. The average Bonchev–Trinajstić information content (AvgIpc) is 2.62. The van der Waals surface area contributed by atoms with E-state index in [4.69, 9.17) is 5.11 Å². The van der Waals surface area contributed by atoms with Crippen LogP contribution < -0.4 is 5.32 Å². The molecule has 3 rings (SSSR count). The number of aliphatic hydroxyl groups is 1. The van der Waals surface area contributed by atoms with E-state index >= 15 is 0 Å². The molecule has 122 valence electrons. The van der Waals surface area contributed by atoms with E-state index in [1.165, 1.54) is 11.1 Å². The Morgan fingerprint density at radius 1 is 1.00 bits per heavy atom. The maximum Gasteiger partial charge on any atom is 0.119 e. The van der Waals surface area contributed by atoms with Crippen LogP contribution in [-0.4, -0.2) is 29.9 Å². The molecule has 3 heteroatoms. The standard InChI is InChI=1S/C20H25NO2/c22-14-4-5-16-8-9-19(23)18(15-16)20(10-12-21-13-11-20)17-6-2-1-3-7-17/h1-3,6-9,15,21-23H,4-5,10-14H2. The van der Waals surface area contributed by atoms with Crippen LogP contribution in [0.1, 0.15) is 36.0 Å². The van der Waals surface area contributed by atoms with Crippen molar-refractivity contribution in [1.29, 1.82) is 0 Å². The van der Waals surface area contributed by atoms with Gasteiger partial charge >= 0.3 is 0 Å². The molecule has 1 saturated heterocycles. The fraction of sp³-hybridized carbons (Fsp3) is 0.400. The fourth-order valence-corrected chi connectivity index (χ4v) is 3.73. The SMILES string of the molecule is OCCCc1ccc(O)c(C2(c3ccccc3)CCNCC2)c1. The van der Waals surface area contributed by atoms with Gasteiger partial charge in [0.2, 0.25) is 0 Å². The second-order valence-corrected chi connectivity index (χ2v) is 6.38. The Morgan fingerprint density at radius 3 is 2.43 bits per heavy atom. The van der Waals surface area contributed by atoms with Gasteiger partial charge in [-0.3, -0.25) is 0 Å². The van der Waals surface area contributed by atoms with Gasteiger partial charge in [0, 0.05) is 17.6 Å². The third kappa shape index (κ3) is 3.26. The number of phenolic OH excluding ortho intramolecular Hbond substituents is 1. The number of aromatic hydroxyl groups is 1. The fourth-order valence-electron chi connectivity index (χ4n) is 3.73. The van der Waals surface area contributed by atoms with Gasteiger partial charge in [0.1, 0.15) is 5.75 Å². The van der Waals surface area contributed by atoms with E-state index < -0.39 is 0 Å². The van der Waals surface area contributed by atoms with E-state index in [-0.39, 0.29) is 12.0 Å². The van der Waals surface area contributed by atoms with Crippen LogP contribution >= 0.6 is 0 Å². The van der Waals surface area contributed by atoms with Crippen molar-refractivity contribution in [3.05, 3.63) is 65.2 Å². The third-order valence-electron chi connectivity index (χ3n) is 4.98. The van der Waals surface area contributed by atoms with Crippen molar-refractivity contribution in [3.8, 4) is 5.75 Å². The Hall–Kier alpha value is -1.84. The molecule has 0 bridgehead atoms. The number of hydrogen-bond acceptors (Lipinski definition) is 3. The largest absolute Gasteiger partial charge is 0.508 e. The summed E-state index contributed by atoms with van der Waals surface area (Å²) < 4.78 is 0. The summed E-state index contributed by atoms with van der Waals surface area (Å²) in [6, 6.07) is 16.5. The van der Waals surface area contributed by atoms with Gasteiger partial charge in [-0.15, -0.1) is 0 Å². The molecule has 1 aliphatic heterocycles. The third-order valence-corrected chi connectivity index (χ3v) is 4.98. The van der Waals surface area contributed by atoms with Gasteiger partial charge in [-0.25, -0.2) is 0 Å². The van der Waals surface area contributed by atoms with Crippen molar-refractivity contribution >= 4 is 0 Å². The lowest BCUT2D eigenvalue weighted by Crippen LogP contribution is -2.40. The summed E-state index contributed by atoms with van der Waals surface area (Å²) in [6.07, 6.45) is 3.55. The van der Waals surface area contributed by atoms with Gasteiger partial charge < -0.3 is 15.5 Å². The van der Waals surface area contributed by atoms with Crippen LogP contribution in [0.5, 0.6) is 5.75 Å². The molecule has 1 aliphatic rings. The Kier molecular flexibility index (Phi) is 4.99. The molecule has 1 heterocycles. The first-order valence-corrected chi connectivity index (χ1v) is 8.46. The normalized spacial score (nSPS) is 17.1. The van der Waals surface area contributed by atoms with Crippen LogP contribution in [0.3, 0.4) is 0 Å². The quantitative estimate of drug-likeness (QED) is 0.796. The second kappa shape index (κ2) is 7.16. The summed E-state index contributed by atoms with van der Waals surface area (Å²) in [5.41, 5.74) is 3.35. The topological polar surface area (TPSA) is 52.5 Å². The Bertz CT molecular complexity index is 633. The second-order valence-electron chi connectivity index (χ2n) is 6.38. The minimum Gasteiger partial charge on any atom is -0.508 e. The smallest absolute Gasteiger partial charge is 0.119 e. The van der Waals surface area contributed by atoms with Crippen LogP contribution in [0.2, 0.25) is 0 Å². The molecule has 1 fully saturated rings. The number of phenols is 1. The first-order valence-electron chi connectivity index (χ1n) is 8.46. The van der Waals surface area contributed by atoms with Crippen LogP contribution in [-0.2, 0) is 11.8 Å². The Balaban J connectivity index is 2.06. The maximum atomic E-state index is 10.6. The molecule has 23 heavy (non-hydrogen) atoms. The number of piperidine rings is 1. The summed E-state index contributed by atoms with van der Waals surface area (Å²) in [6.45, 7) is 2.11. The van der Waals surface area contributed by atoms with Crippen molar-refractivity contribution in [2.45, 2.75) is 31.1 Å². The summed E-state index contributed by atoms with van der Waals surface area (Å²) in [5, 5.41) is 23.1. The summed E-state index contributed by atoms with van der Waals surface area (Å²) in [5.74, 6) is 0.378. The number of rotatable bonds is 5. The van der Waals surface area contributed by atoms with E-state index in [0.29, 0.717) is 5.75 Å². The van der Waals surface area contributed by atoms with Crippen LogP contribution in [0.15, 0.2) is 48.5 Å². The van der Waals surface area contributed by atoms with Gasteiger partial charge in [-0.2, -0.15) is 0 Å². The highest BCUT2D eigenvalue weighted by Crippen LogP contribution is 2.44. The predicted molar refractivity (Wildman–Crippen MR) is 92.8 cm³/mol. The first-order chi connectivity index (χ1) is 11.3. The van der Waals surface area contributed by atoms with Gasteiger partial charge in [-0.05, 0) is 56.0 Å². The summed E-state index contributed by atoms with van der Waals surface area (Å²) >= 11 is 0. The Morgan fingerprint density at radius 2 is 1.74 bits per heavy atom. The summed E-state index contributed by atoms with van der Waals surface area (Å²) in [7, 11) is 0. The zero-order valence-corrected chi connectivity index (χ0v) is 13.5. The number of aryl methyl sites for hydroxylation is 1. The minimum absolute atomic E-state index is 0.133. The molecule has 0 atom stereocenters. The highest BCUT2D eigenvalue weighted by Gasteiger charge is 2.37. The Labute approximate surface area is 138 Å². The number of hydrogen-bond donors (Lipinski definition) is 3. The molecular weight excluding hydrogens is 286 g/mol. The van der Waals surface area contributed by atoms with E-state index in [2.05, 4.69) is 35.6 Å². The van der Waals surface area contributed by atoms with Crippen LogP contribution in [0, 0.1) is 0 Å². The van der Waals surface area contributed by atoms with E-state index in [1.54, 1.807) is 0 Å². The lowest BCUT2D eigenvalue weighted by molar-refractivity contribution is 0.288. The van der Waals surface area contributed by atoms with Crippen molar-refractivity contribution in [3.63, 3.8) is 0 Å². The minimum atomic E-state index is -0.133. The van der Waals surface area contributed by atoms with Gasteiger partial charge in [-0.1, -0.05) is 42.5 Å². The lowest BCUT2D eigenvalue weighted by atomic mass is 9.67. The van der Waals surface area contributed by atoms with Crippen LogP contribution in [0.4, 0.5) is 0 Å². The summed E-state index contributed by atoms with van der Waals surface area (Å²) in [4.78, 5) is 0. The van der Waals surface area contributed by atoms with E-state index in [1.807, 2.05) is 18.2 Å². The van der Waals surface area contributed by atoms with Gasteiger partial charge in [0.05, 0.1) is 0 Å². The van der Waals surface area contributed by atoms with Crippen LogP contribution in [0.25, 0.3) is 0 Å². The van der Waals surface area contributed by atoms with Crippen molar-refractivity contribution in [1.82, 2.24) is 5.32 Å². The average molecular weight is 311 g/mol. The number of nitrogens with one attached hydrogen (secondary N) is 1. The van der Waals surface area contributed by atoms with E-state index in [9.17, 15) is 5.11 Å². The van der Waals surface area contributed by atoms with Crippen molar-refractivity contribution in [2.24, 2.45) is 0 Å². The predicted octanol–water partition coefficient (Wildman–Crippen LogP) is 2.99. The highest BCUT2D eigenvalue weighted by molar-refractivity contribution is 5.49. The molecule has 0 radical (unpaired) electrons. The van der Waals surface area contributed by atoms with Gasteiger partial charge in [0.25, 0.3) is 0 Å². The molecule has 0 spiro atoms. The van der Waals surface area contributed by atoms with Crippen molar-refractivity contribution < 1.29 is 10.2 Å². The molecule has 0 saturated carbocycles. The molecule has 3 nitrogen and oxygen atoms in total.